The van der Waals surface area contributed by atoms with E-state index in [1.165, 1.54) is 0 Å². The number of nitrogens with zero attached hydrogens (tertiary/aromatic N) is 1. The van der Waals surface area contributed by atoms with Crippen LogP contribution in [-0.2, 0) is 0 Å². The first-order valence-electron chi connectivity index (χ1n) is 6.45. The van der Waals surface area contributed by atoms with E-state index in [9.17, 15) is 0 Å². The van der Waals surface area contributed by atoms with Crippen LogP contribution in [0.5, 0.6) is 5.75 Å². The number of aryl methyl sites for hydroxylation is 1. The summed E-state index contributed by atoms with van der Waals surface area (Å²) in [6.07, 6.45) is 1.14. The van der Waals surface area contributed by atoms with Crippen LogP contribution >= 0.6 is 11.6 Å². The normalized spacial score (nSPS) is 20.7. The Labute approximate surface area is 114 Å². The van der Waals surface area contributed by atoms with Crippen LogP contribution < -0.4 is 15.0 Å². The van der Waals surface area contributed by atoms with Crippen LogP contribution in [0.15, 0.2) is 12.1 Å². The molecule has 4 heteroatoms. The maximum Gasteiger partial charge on any atom is 0.143 e. The molecule has 100 valence electrons. The molecule has 1 N–H and O–H groups in total. The first-order chi connectivity index (χ1) is 8.63. The van der Waals surface area contributed by atoms with Gasteiger partial charge in [0.05, 0.1) is 12.8 Å². The van der Waals surface area contributed by atoms with Gasteiger partial charge in [-0.1, -0.05) is 11.6 Å². The molecule has 1 fully saturated rings. The third-order valence-corrected chi connectivity index (χ3v) is 3.98. The second-order valence-electron chi connectivity index (χ2n) is 4.85. The first kappa shape index (κ1) is 13.5. The van der Waals surface area contributed by atoms with Crippen molar-refractivity contribution in [2.45, 2.75) is 26.3 Å². The molecular formula is C14H21ClN2O. The maximum atomic E-state index is 6.16. The van der Waals surface area contributed by atoms with Crippen molar-refractivity contribution in [2.24, 2.45) is 0 Å². The minimum absolute atomic E-state index is 0.509. The molecule has 1 aromatic rings. The predicted molar refractivity (Wildman–Crippen MR) is 77.0 cm³/mol. The molecule has 1 aliphatic rings. The molecule has 1 heterocycles. The highest BCUT2D eigenvalue weighted by Gasteiger charge is 2.20. The van der Waals surface area contributed by atoms with Crippen LogP contribution in [0.4, 0.5) is 5.69 Å². The van der Waals surface area contributed by atoms with Crippen molar-refractivity contribution < 1.29 is 4.74 Å². The quantitative estimate of drug-likeness (QED) is 0.893. The van der Waals surface area contributed by atoms with Gasteiger partial charge in [-0.3, -0.25) is 0 Å². The SMILES string of the molecule is COc1cc(Cl)c(C)cc1N1CCNCCC1C. The van der Waals surface area contributed by atoms with Crippen LogP contribution in [0, 0.1) is 6.92 Å². The van der Waals surface area contributed by atoms with Gasteiger partial charge in [0.25, 0.3) is 0 Å². The van der Waals surface area contributed by atoms with Crippen molar-refractivity contribution >= 4 is 17.3 Å². The third kappa shape index (κ3) is 2.73. The molecule has 1 atom stereocenters. The average molecular weight is 269 g/mol. The van der Waals surface area contributed by atoms with Crippen LogP contribution in [0.2, 0.25) is 5.02 Å². The lowest BCUT2D eigenvalue weighted by atomic mass is 10.1. The van der Waals surface area contributed by atoms with E-state index in [4.69, 9.17) is 16.3 Å². The van der Waals surface area contributed by atoms with Crippen molar-refractivity contribution in [3.05, 3.63) is 22.7 Å². The molecule has 0 aromatic heterocycles. The second-order valence-corrected chi connectivity index (χ2v) is 5.26. The van der Waals surface area contributed by atoms with Crippen LogP contribution in [0.25, 0.3) is 0 Å². The van der Waals surface area contributed by atoms with Gasteiger partial charge in [-0.05, 0) is 38.4 Å². The molecule has 1 unspecified atom stereocenters. The van der Waals surface area contributed by atoms with Crippen molar-refractivity contribution in [3.63, 3.8) is 0 Å². The fraction of sp³-hybridized carbons (Fsp3) is 0.571. The molecule has 0 radical (unpaired) electrons. The summed E-state index contributed by atoms with van der Waals surface area (Å²) in [7, 11) is 1.70. The Morgan fingerprint density at radius 3 is 2.89 bits per heavy atom. The van der Waals surface area contributed by atoms with Crippen LogP contribution in [-0.4, -0.2) is 32.8 Å². The Balaban J connectivity index is 2.38. The van der Waals surface area contributed by atoms with Gasteiger partial charge < -0.3 is 15.0 Å². The standard InChI is InChI=1S/C14H21ClN2O/c1-10-8-13(14(18-3)9-12(10)15)17-7-6-16-5-4-11(17)2/h8-9,11,16H,4-7H2,1-3H3. The Morgan fingerprint density at radius 2 is 2.17 bits per heavy atom. The van der Waals surface area contributed by atoms with E-state index in [0.717, 1.165) is 48.1 Å². The van der Waals surface area contributed by atoms with E-state index < -0.39 is 0 Å². The predicted octanol–water partition coefficient (Wildman–Crippen LogP) is 2.85. The minimum atomic E-state index is 0.509. The Kier molecular flexibility index (Phi) is 4.36. The van der Waals surface area contributed by atoms with E-state index in [1.807, 2.05) is 13.0 Å². The summed E-state index contributed by atoms with van der Waals surface area (Å²) in [5.41, 5.74) is 2.24. The molecule has 3 nitrogen and oxygen atoms in total. The number of hydrogen-bond acceptors (Lipinski definition) is 3. The van der Waals surface area contributed by atoms with Crippen LogP contribution in [0.1, 0.15) is 18.9 Å². The molecule has 0 amide bonds. The Morgan fingerprint density at radius 1 is 1.39 bits per heavy atom. The topological polar surface area (TPSA) is 24.5 Å². The highest BCUT2D eigenvalue weighted by atomic mass is 35.5. The molecule has 1 aromatic carbocycles. The van der Waals surface area contributed by atoms with E-state index in [2.05, 4.69) is 23.2 Å². The van der Waals surface area contributed by atoms with Gasteiger partial charge in [0.1, 0.15) is 5.75 Å². The number of halogens is 1. The van der Waals surface area contributed by atoms with Gasteiger partial charge in [-0.15, -0.1) is 0 Å². The number of hydrogen-bond donors (Lipinski definition) is 1. The van der Waals surface area contributed by atoms with Gasteiger partial charge in [0.15, 0.2) is 0 Å². The Hall–Kier alpha value is -0.930. The summed E-state index contributed by atoms with van der Waals surface area (Å²) >= 11 is 6.16. The fourth-order valence-corrected chi connectivity index (χ4v) is 2.56. The lowest BCUT2D eigenvalue weighted by molar-refractivity contribution is 0.413. The highest BCUT2D eigenvalue weighted by Crippen LogP contribution is 2.35. The number of ether oxygens (including phenoxy) is 1. The summed E-state index contributed by atoms with van der Waals surface area (Å²) in [4.78, 5) is 2.40. The third-order valence-electron chi connectivity index (χ3n) is 3.57. The van der Waals surface area contributed by atoms with E-state index in [1.54, 1.807) is 7.11 Å². The highest BCUT2D eigenvalue weighted by molar-refractivity contribution is 6.31. The van der Waals surface area contributed by atoms with Gasteiger partial charge in [-0.2, -0.15) is 0 Å². The smallest absolute Gasteiger partial charge is 0.143 e. The zero-order chi connectivity index (χ0) is 13.1. The molecule has 1 aliphatic heterocycles. The number of anilines is 1. The maximum absolute atomic E-state index is 6.16. The fourth-order valence-electron chi connectivity index (χ4n) is 2.41. The molecular weight excluding hydrogens is 248 g/mol. The Bertz CT molecular complexity index is 423. The van der Waals surface area contributed by atoms with Gasteiger partial charge >= 0.3 is 0 Å². The summed E-state index contributed by atoms with van der Waals surface area (Å²) in [5.74, 6) is 0.861. The number of benzene rings is 1. The van der Waals surface area contributed by atoms with Gasteiger partial charge in [-0.25, -0.2) is 0 Å². The summed E-state index contributed by atoms with van der Waals surface area (Å²) in [5, 5.41) is 4.19. The second kappa shape index (κ2) is 5.81. The van der Waals surface area contributed by atoms with E-state index in [0.29, 0.717) is 6.04 Å². The zero-order valence-electron chi connectivity index (χ0n) is 11.3. The lowest BCUT2D eigenvalue weighted by Crippen LogP contribution is -2.34. The molecule has 18 heavy (non-hydrogen) atoms. The number of rotatable bonds is 2. The van der Waals surface area contributed by atoms with Crippen molar-refractivity contribution in [2.75, 3.05) is 31.6 Å². The number of methoxy groups -OCH3 is 1. The lowest BCUT2D eigenvalue weighted by Gasteiger charge is -2.30. The molecule has 2 rings (SSSR count). The molecule has 1 saturated heterocycles. The summed E-state index contributed by atoms with van der Waals surface area (Å²) in [6, 6.07) is 4.55. The van der Waals surface area contributed by atoms with Crippen molar-refractivity contribution in [3.8, 4) is 5.75 Å². The molecule has 0 bridgehead atoms. The summed E-state index contributed by atoms with van der Waals surface area (Å²) < 4.78 is 5.48. The minimum Gasteiger partial charge on any atom is -0.495 e. The van der Waals surface area contributed by atoms with Crippen molar-refractivity contribution in [1.29, 1.82) is 0 Å². The van der Waals surface area contributed by atoms with Gasteiger partial charge in [0.2, 0.25) is 0 Å². The molecule has 0 aliphatic carbocycles. The van der Waals surface area contributed by atoms with E-state index >= 15 is 0 Å². The van der Waals surface area contributed by atoms with E-state index in [-0.39, 0.29) is 0 Å². The van der Waals surface area contributed by atoms with Gasteiger partial charge in [0, 0.05) is 30.2 Å². The van der Waals surface area contributed by atoms with Crippen LogP contribution in [0.3, 0.4) is 0 Å². The molecule has 0 spiro atoms. The average Bonchev–Trinajstić information content (AvgIpc) is 2.57. The number of nitrogens with one attached hydrogen (secondary N) is 1. The largest absolute Gasteiger partial charge is 0.495 e. The summed E-state index contributed by atoms with van der Waals surface area (Å²) in [6.45, 7) is 7.38. The first-order valence-corrected chi connectivity index (χ1v) is 6.82. The zero-order valence-corrected chi connectivity index (χ0v) is 12.0. The molecule has 0 saturated carbocycles. The monoisotopic (exact) mass is 268 g/mol. The van der Waals surface area contributed by atoms with Crippen molar-refractivity contribution in [1.82, 2.24) is 5.32 Å².